The van der Waals surface area contributed by atoms with Crippen molar-refractivity contribution < 1.29 is 4.79 Å². The molecule has 2 heterocycles. The number of hydrogen-bond acceptors (Lipinski definition) is 3. The number of pyridine rings is 1. The van der Waals surface area contributed by atoms with Crippen LogP contribution in [0.25, 0.3) is 0 Å². The van der Waals surface area contributed by atoms with Gasteiger partial charge in [-0.2, -0.15) is 0 Å². The summed E-state index contributed by atoms with van der Waals surface area (Å²) in [5.41, 5.74) is 1.33. The first-order valence-corrected chi connectivity index (χ1v) is 8.82. The number of rotatable bonds is 4. The summed E-state index contributed by atoms with van der Waals surface area (Å²) in [5.74, 6) is 0.0269. The summed E-state index contributed by atoms with van der Waals surface area (Å²) in [6.07, 6.45) is 4.14. The molecule has 0 saturated carbocycles. The third kappa shape index (κ3) is 3.34. The lowest BCUT2D eigenvalue weighted by molar-refractivity contribution is -0.118. The molecule has 2 aromatic rings. The molecule has 23 heavy (non-hydrogen) atoms. The van der Waals surface area contributed by atoms with Crippen molar-refractivity contribution in [3.8, 4) is 0 Å². The van der Waals surface area contributed by atoms with E-state index in [1.54, 1.807) is 22.9 Å². The van der Waals surface area contributed by atoms with E-state index in [-0.39, 0.29) is 16.7 Å². The fraction of sp³-hybridized carbons (Fsp3) is 0.333. The molecule has 1 atom stereocenters. The maximum absolute atomic E-state index is 13.0. The maximum atomic E-state index is 13.0. The largest absolute Gasteiger partial charge is 0.327 e. The highest BCUT2D eigenvalue weighted by Gasteiger charge is 2.30. The molecule has 1 aromatic heterocycles. The van der Waals surface area contributed by atoms with Gasteiger partial charge < -0.3 is 9.88 Å². The fourth-order valence-corrected chi connectivity index (χ4v) is 3.95. The van der Waals surface area contributed by atoms with Crippen molar-refractivity contribution in [1.82, 2.24) is 4.98 Å². The lowest BCUT2D eigenvalue weighted by atomic mass is 10.0. The van der Waals surface area contributed by atoms with Gasteiger partial charge >= 0.3 is 0 Å². The Balaban J connectivity index is 1.87. The Bertz CT molecular complexity index is 742. The molecule has 120 valence electrons. The van der Waals surface area contributed by atoms with Crippen molar-refractivity contribution in [2.45, 2.75) is 36.3 Å². The third-order valence-electron chi connectivity index (χ3n) is 4.05. The molecule has 1 unspecified atom stereocenters. The first kappa shape index (κ1) is 15.9. The van der Waals surface area contributed by atoms with Gasteiger partial charge in [0.25, 0.3) is 5.56 Å². The highest BCUT2D eigenvalue weighted by atomic mass is 32.2. The lowest BCUT2D eigenvalue weighted by Crippen LogP contribution is -2.43. The van der Waals surface area contributed by atoms with Crippen LogP contribution in [0.1, 0.15) is 25.3 Å². The lowest BCUT2D eigenvalue weighted by Gasteiger charge is -2.31. The van der Waals surface area contributed by atoms with Crippen LogP contribution in [0, 0.1) is 0 Å². The molecule has 1 aliphatic heterocycles. The number of benzene rings is 1. The van der Waals surface area contributed by atoms with Gasteiger partial charge in [-0.15, -0.1) is 11.8 Å². The van der Waals surface area contributed by atoms with Crippen LogP contribution in [-0.4, -0.2) is 22.7 Å². The molecule has 0 bridgehead atoms. The predicted octanol–water partition coefficient (Wildman–Crippen LogP) is 3.23. The van der Waals surface area contributed by atoms with Gasteiger partial charge in [-0.1, -0.05) is 25.1 Å². The molecule has 1 N–H and O–H groups in total. The van der Waals surface area contributed by atoms with Crippen LogP contribution in [0.2, 0.25) is 0 Å². The number of fused-ring (bicyclic) bond motifs is 1. The molecule has 3 rings (SSSR count). The van der Waals surface area contributed by atoms with Crippen LogP contribution in [0.3, 0.4) is 0 Å². The number of aromatic nitrogens is 1. The quantitative estimate of drug-likeness (QED) is 0.877. The zero-order valence-electron chi connectivity index (χ0n) is 13.1. The van der Waals surface area contributed by atoms with E-state index in [4.69, 9.17) is 0 Å². The molecule has 0 aliphatic carbocycles. The van der Waals surface area contributed by atoms with E-state index in [0.717, 1.165) is 29.7 Å². The normalized spacial score (nSPS) is 15.1. The monoisotopic (exact) mass is 328 g/mol. The van der Waals surface area contributed by atoms with Crippen molar-refractivity contribution in [1.29, 1.82) is 0 Å². The number of carbonyl (C=O) groups is 1. The molecule has 1 aromatic carbocycles. The minimum Gasteiger partial charge on any atom is -0.327 e. The van der Waals surface area contributed by atoms with Gasteiger partial charge in [0.1, 0.15) is 5.69 Å². The number of thioether (sulfide) groups is 1. The van der Waals surface area contributed by atoms with Crippen LogP contribution in [-0.2, 0) is 11.2 Å². The molecule has 1 amide bonds. The summed E-state index contributed by atoms with van der Waals surface area (Å²) in [6.45, 7) is 2.63. The number of H-pyrrole nitrogens is 1. The van der Waals surface area contributed by atoms with E-state index >= 15 is 0 Å². The molecule has 0 saturated heterocycles. The van der Waals surface area contributed by atoms with Gasteiger partial charge in [-0.3, -0.25) is 9.59 Å². The summed E-state index contributed by atoms with van der Waals surface area (Å²) >= 11 is 1.57. The van der Waals surface area contributed by atoms with Gasteiger partial charge in [-0.25, -0.2) is 0 Å². The molecule has 4 nitrogen and oxygen atoms in total. The second-order valence-corrected chi connectivity index (χ2v) is 6.88. The number of nitrogens with one attached hydrogen (secondary N) is 1. The molecule has 5 heteroatoms. The molecule has 1 aliphatic rings. The smallest absolute Gasteiger partial charge is 0.272 e. The molecular weight excluding hydrogens is 308 g/mol. The van der Waals surface area contributed by atoms with Gasteiger partial charge in [0.05, 0.1) is 5.25 Å². The minimum atomic E-state index is -0.178. The van der Waals surface area contributed by atoms with E-state index in [9.17, 15) is 9.59 Å². The first-order chi connectivity index (χ1) is 11.2. The standard InChI is InChI=1S/C18H20N2O2S/c1-2-15(23-14-8-4-3-5-9-14)18(22)20-12-6-7-13-10-11-19-17(21)16(13)20/h3-5,8-11,15H,2,6-7,12H2,1H3,(H,19,21). The number of hydrogen-bond donors (Lipinski definition) is 1. The van der Waals surface area contributed by atoms with Crippen LogP contribution in [0.4, 0.5) is 5.69 Å². The van der Waals surface area contributed by atoms with Crippen molar-refractivity contribution in [3.05, 3.63) is 58.5 Å². The second kappa shape index (κ2) is 7.04. The number of anilines is 1. The van der Waals surface area contributed by atoms with Gasteiger partial charge in [0, 0.05) is 17.6 Å². The number of aromatic amines is 1. The van der Waals surface area contributed by atoms with E-state index < -0.39 is 0 Å². The first-order valence-electron chi connectivity index (χ1n) is 7.94. The van der Waals surface area contributed by atoms with E-state index in [1.807, 2.05) is 43.3 Å². The van der Waals surface area contributed by atoms with Crippen molar-refractivity contribution >= 4 is 23.4 Å². The van der Waals surface area contributed by atoms with Gasteiger partial charge in [-0.05, 0) is 43.0 Å². The Morgan fingerprint density at radius 1 is 1.30 bits per heavy atom. The Kier molecular flexibility index (Phi) is 4.86. The summed E-state index contributed by atoms with van der Waals surface area (Å²) in [6, 6.07) is 11.8. The highest BCUT2D eigenvalue weighted by molar-refractivity contribution is 8.00. The molecule has 0 fully saturated rings. The van der Waals surface area contributed by atoms with Crippen LogP contribution in [0.5, 0.6) is 0 Å². The number of carbonyl (C=O) groups excluding carboxylic acids is 1. The van der Waals surface area contributed by atoms with Crippen LogP contribution >= 0.6 is 11.8 Å². The fourth-order valence-electron chi connectivity index (χ4n) is 2.91. The number of nitrogens with zero attached hydrogens (tertiary/aromatic N) is 1. The maximum Gasteiger partial charge on any atom is 0.272 e. The summed E-state index contributed by atoms with van der Waals surface area (Å²) < 4.78 is 0. The van der Waals surface area contributed by atoms with E-state index in [1.165, 1.54) is 0 Å². The average Bonchev–Trinajstić information content (AvgIpc) is 2.60. The Morgan fingerprint density at radius 3 is 2.83 bits per heavy atom. The SMILES string of the molecule is CCC(Sc1ccccc1)C(=O)N1CCCc2cc[nH]c(=O)c21. The molecular formula is C18H20N2O2S. The Morgan fingerprint density at radius 2 is 2.09 bits per heavy atom. The van der Waals surface area contributed by atoms with Crippen molar-refractivity contribution in [3.63, 3.8) is 0 Å². The summed E-state index contributed by atoms with van der Waals surface area (Å²) in [4.78, 5) is 30.6. The minimum absolute atomic E-state index is 0.0269. The summed E-state index contributed by atoms with van der Waals surface area (Å²) in [5, 5.41) is -0.178. The van der Waals surface area contributed by atoms with Gasteiger partial charge in [0.2, 0.25) is 5.91 Å². The third-order valence-corrected chi connectivity index (χ3v) is 5.41. The van der Waals surface area contributed by atoms with E-state index in [2.05, 4.69) is 4.98 Å². The molecule has 0 radical (unpaired) electrons. The summed E-state index contributed by atoms with van der Waals surface area (Å²) in [7, 11) is 0. The topological polar surface area (TPSA) is 53.2 Å². The zero-order chi connectivity index (χ0) is 16.2. The average molecular weight is 328 g/mol. The Hall–Kier alpha value is -2.01. The second-order valence-electron chi connectivity index (χ2n) is 5.60. The Labute approximate surface area is 139 Å². The highest BCUT2D eigenvalue weighted by Crippen LogP contribution is 2.30. The van der Waals surface area contributed by atoms with Crippen LogP contribution in [0.15, 0.2) is 52.3 Å². The zero-order valence-corrected chi connectivity index (χ0v) is 13.9. The molecule has 0 spiro atoms. The van der Waals surface area contributed by atoms with E-state index in [0.29, 0.717) is 12.2 Å². The van der Waals surface area contributed by atoms with Crippen LogP contribution < -0.4 is 10.5 Å². The predicted molar refractivity (Wildman–Crippen MR) is 94.1 cm³/mol. The van der Waals surface area contributed by atoms with Gasteiger partial charge in [0.15, 0.2) is 0 Å². The van der Waals surface area contributed by atoms with Crippen molar-refractivity contribution in [2.24, 2.45) is 0 Å². The number of amides is 1. The van der Waals surface area contributed by atoms with Crippen molar-refractivity contribution in [2.75, 3.05) is 11.4 Å². The number of aryl methyl sites for hydroxylation is 1.